The van der Waals surface area contributed by atoms with Gasteiger partial charge in [-0.2, -0.15) is 0 Å². The fourth-order valence-corrected chi connectivity index (χ4v) is 4.53. The summed E-state index contributed by atoms with van der Waals surface area (Å²) in [5.41, 5.74) is 5.23. The zero-order chi connectivity index (χ0) is 14.9. The van der Waals surface area contributed by atoms with Crippen LogP contribution in [-0.4, -0.2) is 22.7 Å². The molecule has 5 heteroatoms. The van der Waals surface area contributed by atoms with Crippen molar-refractivity contribution < 1.29 is 4.79 Å². The molecule has 0 saturated heterocycles. The van der Waals surface area contributed by atoms with Crippen molar-refractivity contribution in [3.8, 4) is 0 Å². The van der Waals surface area contributed by atoms with Gasteiger partial charge >= 0.3 is 0 Å². The molecule has 0 aromatic heterocycles. The average Bonchev–Trinajstić information content (AvgIpc) is 3.25. The molecule has 2 aliphatic carbocycles. The quantitative estimate of drug-likeness (QED) is 0.873. The second-order valence-corrected chi connectivity index (χ2v) is 7.97. The molecule has 0 radical (unpaired) electrons. The van der Waals surface area contributed by atoms with Gasteiger partial charge < -0.3 is 11.1 Å². The van der Waals surface area contributed by atoms with Crippen LogP contribution in [0.2, 0.25) is 5.02 Å². The van der Waals surface area contributed by atoms with E-state index in [1.54, 1.807) is 0 Å². The van der Waals surface area contributed by atoms with Gasteiger partial charge in [-0.1, -0.05) is 11.6 Å². The number of halogens is 1. The number of carbonyl (C=O) groups excluding carboxylic acids is 1. The van der Waals surface area contributed by atoms with Gasteiger partial charge in [0, 0.05) is 21.2 Å². The van der Waals surface area contributed by atoms with Crippen molar-refractivity contribution in [3.05, 3.63) is 29.3 Å². The predicted molar refractivity (Wildman–Crippen MR) is 87.6 cm³/mol. The first-order valence-electron chi connectivity index (χ1n) is 7.57. The van der Waals surface area contributed by atoms with Crippen molar-refractivity contribution in [2.24, 2.45) is 5.73 Å². The molecule has 2 saturated carbocycles. The Hall–Kier alpha value is -0.710. The minimum absolute atomic E-state index is 0.184. The molecule has 3 N–H and O–H groups in total. The lowest BCUT2D eigenvalue weighted by Gasteiger charge is -2.39. The maximum atomic E-state index is 12.0. The van der Waals surface area contributed by atoms with Gasteiger partial charge in [0.2, 0.25) is 5.91 Å². The van der Waals surface area contributed by atoms with Crippen LogP contribution in [0.3, 0.4) is 0 Å². The van der Waals surface area contributed by atoms with Crippen molar-refractivity contribution >= 4 is 29.3 Å². The molecule has 3 rings (SSSR count). The minimum Gasteiger partial charge on any atom is -0.368 e. The summed E-state index contributed by atoms with van der Waals surface area (Å²) in [7, 11) is 0. The lowest BCUT2D eigenvalue weighted by Crippen LogP contribution is -2.59. The SMILES string of the molecule is NC(=O)C1(NC2CC2)CCCC(Sc2ccc(Cl)cc2)C1. The van der Waals surface area contributed by atoms with Gasteiger partial charge in [0.15, 0.2) is 0 Å². The highest BCUT2D eigenvalue weighted by Gasteiger charge is 2.44. The van der Waals surface area contributed by atoms with Crippen molar-refractivity contribution in [3.63, 3.8) is 0 Å². The fraction of sp³-hybridized carbons (Fsp3) is 0.562. The maximum absolute atomic E-state index is 12.0. The summed E-state index contributed by atoms with van der Waals surface area (Å²) in [4.78, 5) is 13.2. The number of carbonyl (C=O) groups is 1. The minimum atomic E-state index is -0.497. The molecule has 21 heavy (non-hydrogen) atoms. The third kappa shape index (κ3) is 3.74. The van der Waals surface area contributed by atoms with Crippen LogP contribution < -0.4 is 11.1 Å². The number of rotatable bonds is 5. The number of nitrogens with two attached hydrogens (primary N) is 1. The van der Waals surface area contributed by atoms with Crippen LogP contribution in [0.5, 0.6) is 0 Å². The fourth-order valence-electron chi connectivity index (χ4n) is 3.07. The lowest BCUT2D eigenvalue weighted by atomic mass is 9.80. The number of nitrogens with one attached hydrogen (secondary N) is 1. The van der Waals surface area contributed by atoms with E-state index in [0.29, 0.717) is 11.3 Å². The van der Waals surface area contributed by atoms with Gasteiger partial charge in [-0.25, -0.2) is 0 Å². The first-order valence-corrected chi connectivity index (χ1v) is 8.83. The lowest BCUT2D eigenvalue weighted by molar-refractivity contribution is -0.125. The van der Waals surface area contributed by atoms with Crippen LogP contribution >= 0.6 is 23.4 Å². The van der Waals surface area contributed by atoms with E-state index in [0.717, 1.165) is 30.7 Å². The second-order valence-electron chi connectivity index (χ2n) is 6.16. The van der Waals surface area contributed by atoms with Crippen LogP contribution in [0, 0.1) is 0 Å². The number of benzene rings is 1. The molecular weight excluding hydrogens is 304 g/mol. The van der Waals surface area contributed by atoms with E-state index in [1.165, 1.54) is 17.7 Å². The van der Waals surface area contributed by atoms with Gasteiger partial charge in [-0.3, -0.25) is 4.79 Å². The number of hydrogen-bond acceptors (Lipinski definition) is 3. The third-order valence-corrected chi connectivity index (χ3v) is 5.88. The highest BCUT2D eigenvalue weighted by atomic mass is 35.5. The van der Waals surface area contributed by atoms with Gasteiger partial charge in [0.05, 0.1) is 5.54 Å². The zero-order valence-corrected chi connectivity index (χ0v) is 13.6. The Labute approximate surface area is 135 Å². The van der Waals surface area contributed by atoms with E-state index in [1.807, 2.05) is 36.0 Å². The summed E-state index contributed by atoms with van der Waals surface area (Å²) >= 11 is 7.76. The third-order valence-electron chi connectivity index (χ3n) is 4.35. The molecule has 1 amide bonds. The van der Waals surface area contributed by atoms with E-state index < -0.39 is 5.54 Å². The Morgan fingerprint density at radius 2 is 2.00 bits per heavy atom. The smallest absolute Gasteiger partial charge is 0.237 e. The Kier molecular flexibility index (Phi) is 4.48. The Balaban J connectivity index is 1.68. The first kappa shape index (κ1) is 15.2. The largest absolute Gasteiger partial charge is 0.368 e. The summed E-state index contributed by atoms with van der Waals surface area (Å²) < 4.78 is 0. The van der Waals surface area contributed by atoms with Crippen LogP contribution in [0.4, 0.5) is 0 Å². The number of primary amides is 1. The van der Waals surface area contributed by atoms with Gasteiger partial charge in [0.25, 0.3) is 0 Å². The monoisotopic (exact) mass is 324 g/mol. The molecule has 0 bridgehead atoms. The zero-order valence-electron chi connectivity index (χ0n) is 12.0. The van der Waals surface area contributed by atoms with Crippen molar-refractivity contribution in [1.82, 2.24) is 5.32 Å². The standard InChI is InChI=1S/C16H21ClN2OS/c17-11-3-7-13(8-4-11)21-14-2-1-9-16(10-14,15(18)20)19-12-5-6-12/h3-4,7-8,12,14,19H,1-2,5-6,9-10H2,(H2,18,20). The van der Waals surface area contributed by atoms with Gasteiger partial charge in [-0.05, 0) is 62.8 Å². The highest BCUT2D eigenvalue weighted by Crippen LogP contribution is 2.40. The average molecular weight is 325 g/mol. The second kappa shape index (κ2) is 6.19. The molecular formula is C16H21ClN2OS. The molecule has 2 aliphatic rings. The maximum Gasteiger partial charge on any atom is 0.237 e. The molecule has 1 aromatic carbocycles. The molecule has 2 unspecified atom stereocenters. The van der Waals surface area contributed by atoms with Crippen LogP contribution in [-0.2, 0) is 4.79 Å². The molecule has 0 aliphatic heterocycles. The topological polar surface area (TPSA) is 55.1 Å². The summed E-state index contributed by atoms with van der Waals surface area (Å²) in [5, 5.41) is 4.71. The molecule has 1 aromatic rings. The van der Waals surface area contributed by atoms with E-state index in [9.17, 15) is 4.79 Å². The van der Waals surface area contributed by atoms with Crippen molar-refractivity contribution in [1.29, 1.82) is 0 Å². The van der Waals surface area contributed by atoms with Gasteiger partial charge in [0.1, 0.15) is 0 Å². The van der Waals surface area contributed by atoms with Crippen LogP contribution in [0.25, 0.3) is 0 Å². The molecule has 2 atom stereocenters. The summed E-state index contributed by atoms with van der Waals surface area (Å²) in [6, 6.07) is 8.41. The Bertz CT molecular complexity index is 518. The Morgan fingerprint density at radius 1 is 1.29 bits per heavy atom. The molecule has 0 heterocycles. The van der Waals surface area contributed by atoms with E-state index >= 15 is 0 Å². The summed E-state index contributed by atoms with van der Waals surface area (Å²) in [5.74, 6) is -0.184. The number of thioether (sulfide) groups is 1. The van der Waals surface area contributed by atoms with E-state index in [4.69, 9.17) is 17.3 Å². The predicted octanol–water partition coefficient (Wildman–Crippen LogP) is 3.35. The molecule has 3 nitrogen and oxygen atoms in total. The number of amides is 1. The van der Waals surface area contributed by atoms with Crippen molar-refractivity contribution in [2.75, 3.05) is 0 Å². The van der Waals surface area contributed by atoms with Crippen LogP contribution in [0.15, 0.2) is 29.2 Å². The highest BCUT2D eigenvalue weighted by molar-refractivity contribution is 8.00. The molecule has 2 fully saturated rings. The van der Waals surface area contributed by atoms with Crippen molar-refractivity contribution in [2.45, 2.75) is 60.3 Å². The number of hydrogen-bond donors (Lipinski definition) is 2. The summed E-state index contributed by atoms with van der Waals surface area (Å²) in [6.07, 6.45) is 6.22. The Morgan fingerprint density at radius 3 is 2.62 bits per heavy atom. The van der Waals surface area contributed by atoms with E-state index in [-0.39, 0.29) is 5.91 Å². The normalized spacial score (nSPS) is 29.3. The first-order chi connectivity index (χ1) is 10.1. The molecule has 114 valence electrons. The van der Waals surface area contributed by atoms with Gasteiger partial charge in [-0.15, -0.1) is 11.8 Å². The van der Waals surface area contributed by atoms with Crippen LogP contribution in [0.1, 0.15) is 38.5 Å². The van der Waals surface area contributed by atoms with E-state index in [2.05, 4.69) is 5.32 Å². The summed E-state index contributed by atoms with van der Waals surface area (Å²) in [6.45, 7) is 0. The molecule has 0 spiro atoms.